The first-order valence-electron chi connectivity index (χ1n) is 5.42. The van der Waals surface area contributed by atoms with Gasteiger partial charge in [-0.15, -0.1) is 6.58 Å². The van der Waals surface area contributed by atoms with Crippen molar-refractivity contribution < 1.29 is 0 Å². The summed E-state index contributed by atoms with van der Waals surface area (Å²) in [6.07, 6.45) is 5.38. The topological polar surface area (TPSA) is 12.0 Å². The van der Waals surface area contributed by atoms with Crippen molar-refractivity contribution in [2.45, 2.75) is 25.3 Å². The molecule has 0 fully saturated rings. The number of benzene rings is 1. The Kier molecular flexibility index (Phi) is 6.61. The molecule has 3 heteroatoms. The lowest BCUT2D eigenvalue weighted by molar-refractivity contribution is 0.528. The summed E-state index contributed by atoms with van der Waals surface area (Å²) in [5.74, 6) is 0. The van der Waals surface area contributed by atoms with E-state index in [9.17, 15) is 0 Å². The number of unbranched alkanes of at least 4 members (excludes halogenated alkanes) is 1. The molecule has 0 saturated heterocycles. The van der Waals surface area contributed by atoms with Crippen LogP contribution >= 0.6 is 38.5 Å². The van der Waals surface area contributed by atoms with E-state index in [-0.39, 0.29) is 0 Å². The fraction of sp³-hybridized carbons (Fsp3) is 0.385. The van der Waals surface area contributed by atoms with Crippen LogP contribution in [0.1, 0.15) is 30.9 Å². The van der Waals surface area contributed by atoms with Gasteiger partial charge in [0.2, 0.25) is 0 Å². The molecule has 0 aliphatic heterocycles. The molecule has 1 aromatic carbocycles. The van der Waals surface area contributed by atoms with Crippen LogP contribution in [-0.2, 0) is 0 Å². The van der Waals surface area contributed by atoms with Gasteiger partial charge in [0.15, 0.2) is 0 Å². The van der Waals surface area contributed by atoms with Crippen LogP contribution in [0.25, 0.3) is 0 Å². The van der Waals surface area contributed by atoms with E-state index in [0.29, 0.717) is 6.04 Å². The summed E-state index contributed by atoms with van der Waals surface area (Å²) < 4.78 is 2.46. The molecule has 1 aromatic rings. The van der Waals surface area contributed by atoms with Crippen molar-refractivity contribution >= 4 is 38.5 Å². The zero-order valence-electron chi connectivity index (χ0n) is 9.47. The third-order valence-corrected chi connectivity index (χ3v) is 3.98. The molecule has 1 atom stereocenters. The SMILES string of the molecule is C=CCCCC(NC)c1cc(I)ccc1Br. The number of hydrogen-bond acceptors (Lipinski definition) is 1. The van der Waals surface area contributed by atoms with Crippen LogP contribution in [-0.4, -0.2) is 7.05 Å². The third-order valence-electron chi connectivity index (χ3n) is 2.58. The molecule has 1 nitrogen and oxygen atoms in total. The predicted octanol–water partition coefficient (Wildman–Crippen LogP) is 4.67. The van der Waals surface area contributed by atoms with Crippen molar-refractivity contribution in [1.29, 1.82) is 0 Å². The Balaban J connectivity index is 2.77. The van der Waals surface area contributed by atoms with Gasteiger partial charge in [-0.2, -0.15) is 0 Å². The highest BCUT2D eigenvalue weighted by atomic mass is 127. The maximum Gasteiger partial charge on any atom is 0.0329 e. The van der Waals surface area contributed by atoms with Crippen molar-refractivity contribution in [2.75, 3.05) is 7.05 Å². The van der Waals surface area contributed by atoms with Crippen molar-refractivity contribution in [2.24, 2.45) is 0 Å². The fourth-order valence-electron chi connectivity index (χ4n) is 1.70. The second-order valence-electron chi connectivity index (χ2n) is 3.73. The summed E-state index contributed by atoms with van der Waals surface area (Å²) in [4.78, 5) is 0. The van der Waals surface area contributed by atoms with Gasteiger partial charge in [0, 0.05) is 14.1 Å². The van der Waals surface area contributed by atoms with Gasteiger partial charge in [-0.3, -0.25) is 0 Å². The van der Waals surface area contributed by atoms with Gasteiger partial charge < -0.3 is 5.32 Å². The molecule has 0 aliphatic carbocycles. The zero-order chi connectivity index (χ0) is 12.0. The molecule has 0 aliphatic rings. The summed E-state index contributed by atoms with van der Waals surface area (Å²) in [5.41, 5.74) is 1.35. The fourth-order valence-corrected chi connectivity index (χ4v) is 2.74. The minimum atomic E-state index is 0.420. The van der Waals surface area contributed by atoms with Gasteiger partial charge >= 0.3 is 0 Å². The lowest BCUT2D eigenvalue weighted by Crippen LogP contribution is -2.16. The second-order valence-corrected chi connectivity index (χ2v) is 5.83. The predicted molar refractivity (Wildman–Crippen MR) is 82.7 cm³/mol. The summed E-state index contributed by atoms with van der Waals surface area (Å²) >= 11 is 5.97. The average molecular weight is 394 g/mol. The third kappa shape index (κ3) is 4.18. The molecule has 88 valence electrons. The summed E-state index contributed by atoms with van der Waals surface area (Å²) in [5, 5.41) is 3.38. The smallest absolute Gasteiger partial charge is 0.0329 e. The Morgan fingerprint density at radius 3 is 2.94 bits per heavy atom. The van der Waals surface area contributed by atoms with Crippen molar-refractivity contribution in [3.63, 3.8) is 0 Å². The number of nitrogens with one attached hydrogen (secondary N) is 1. The largest absolute Gasteiger partial charge is 0.313 e. The Morgan fingerprint density at radius 1 is 1.56 bits per heavy atom. The summed E-state index contributed by atoms with van der Waals surface area (Å²) in [6, 6.07) is 6.89. The monoisotopic (exact) mass is 393 g/mol. The number of hydrogen-bond donors (Lipinski definition) is 1. The Morgan fingerprint density at radius 2 is 2.31 bits per heavy atom. The molecule has 1 rings (SSSR count). The molecule has 0 heterocycles. The highest BCUT2D eigenvalue weighted by molar-refractivity contribution is 14.1. The molecule has 0 amide bonds. The number of rotatable bonds is 6. The molecule has 1 N–H and O–H groups in total. The highest BCUT2D eigenvalue weighted by Crippen LogP contribution is 2.28. The maximum absolute atomic E-state index is 3.76. The standard InChI is InChI=1S/C13H17BrIN/c1-3-4-5-6-13(16-2)11-9-10(15)7-8-12(11)14/h3,7-9,13,16H,1,4-6H2,2H3. The van der Waals surface area contributed by atoms with Crippen molar-refractivity contribution in [1.82, 2.24) is 5.32 Å². The lowest BCUT2D eigenvalue weighted by atomic mass is 10.0. The molecule has 0 saturated carbocycles. The van der Waals surface area contributed by atoms with Gasteiger partial charge in [-0.25, -0.2) is 0 Å². The van der Waals surface area contributed by atoms with Gasteiger partial charge in [-0.1, -0.05) is 22.0 Å². The van der Waals surface area contributed by atoms with Gasteiger partial charge in [0.1, 0.15) is 0 Å². The first-order chi connectivity index (χ1) is 7.69. The average Bonchev–Trinajstić information content (AvgIpc) is 2.28. The van der Waals surface area contributed by atoms with E-state index < -0.39 is 0 Å². The van der Waals surface area contributed by atoms with E-state index in [0.717, 1.165) is 12.8 Å². The Labute approximate surface area is 120 Å². The van der Waals surface area contributed by atoms with E-state index in [2.05, 4.69) is 68.6 Å². The second kappa shape index (κ2) is 7.45. The van der Waals surface area contributed by atoms with Gasteiger partial charge in [0.25, 0.3) is 0 Å². The van der Waals surface area contributed by atoms with E-state index in [1.54, 1.807) is 0 Å². The van der Waals surface area contributed by atoms with Crippen molar-refractivity contribution in [3.05, 3.63) is 44.5 Å². The van der Waals surface area contributed by atoms with Crippen LogP contribution in [0, 0.1) is 3.57 Å². The molecule has 0 spiro atoms. The van der Waals surface area contributed by atoms with E-state index in [1.165, 1.54) is 20.0 Å². The van der Waals surface area contributed by atoms with Crippen LogP contribution in [0.5, 0.6) is 0 Å². The van der Waals surface area contributed by atoms with Crippen LogP contribution < -0.4 is 5.32 Å². The van der Waals surface area contributed by atoms with Crippen molar-refractivity contribution in [3.8, 4) is 0 Å². The normalized spacial score (nSPS) is 12.4. The maximum atomic E-state index is 3.76. The van der Waals surface area contributed by atoms with Gasteiger partial charge in [0.05, 0.1) is 0 Å². The van der Waals surface area contributed by atoms with Crippen LogP contribution in [0.4, 0.5) is 0 Å². The molecular weight excluding hydrogens is 377 g/mol. The minimum Gasteiger partial charge on any atom is -0.313 e. The summed E-state index contributed by atoms with van der Waals surface area (Å²) in [7, 11) is 2.02. The number of allylic oxidation sites excluding steroid dienone is 1. The first kappa shape index (κ1) is 14.2. The molecule has 16 heavy (non-hydrogen) atoms. The quantitative estimate of drug-likeness (QED) is 0.420. The van der Waals surface area contributed by atoms with Gasteiger partial charge in [-0.05, 0) is 72.7 Å². The van der Waals surface area contributed by atoms with Crippen LogP contribution in [0.2, 0.25) is 0 Å². The van der Waals surface area contributed by atoms with E-state index in [4.69, 9.17) is 0 Å². The highest BCUT2D eigenvalue weighted by Gasteiger charge is 2.12. The molecule has 0 aromatic heterocycles. The van der Waals surface area contributed by atoms with E-state index >= 15 is 0 Å². The first-order valence-corrected chi connectivity index (χ1v) is 7.29. The van der Waals surface area contributed by atoms with Crippen LogP contribution in [0.15, 0.2) is 35.3 Å². The minimum absolute atomic E-state index is 0.420. The Hall–Kier alpha value is 0.130. The lowest BCUT2D eigenvalue weighted by Gasteiger charge is -2.18. The van der Waals surface area contributed by atoms with E-state index in [1.807, 2.05) is 13.1 Å². The Bertz CT molecular complexity index is 352. The zero-order valence-corrected chi connectivity index (χ0v) is 13.2. The molecule has 0 bridgehead atoms. The summed E-state index contributed by atoms with van der Waals surface area (Å²) in [6.45, 7) is 3.76. The molecular formula is C13H17BrIN. The molecule has 0 radical (unpaired) electrons. The van der Waals surface area contributed by atoms with Crippen LogP contribution in [0.3, 0.4) is 0 Å². The number of halogens is 2. The molecule has 1 unspecified atom stereocenters.